The predicted octanol–water partition coefficient (Wildman–Crippen LogP) is 3.77. The average Bonchev–Trinajstić information content (AvgIpc) is 3.15. The smallest absolute Gasteiger partial charge is 0.488 e. The van der Waals surface area contributed by atoms with E-state index in [-0.39, 0.29) is 12.2 Å². The van der Waals surface area contributed by atoms with Gasteiger partial charge in [-0.2, -0.15) is 0 Å². The maximum Gasteiger partial charge on any atom is 0.698 e. The summed E-state index contributed by atoms with van der Waals surface area (Å²) in [6.07, 6.45) is 1.06. The second-order valence-corrected chi connectivity index (χ2v) is 8.21. The third kappa shape index (κ3) is 7.68. The molecule has 0 aliphatic carbocycles. The van der Waals surface area contributed by atoms with E-state index in [1.807, 2.05) is 6.92 Å². The van der Waals surface area contributed by atoms with Crippen LogP contribution < -0.4 is 0 Å². The highest BCUT2D eigenvalue weighted by molar-refractivity contribution is 6.61. The van der Waals surface area contributed by atoms with Crippen LogP contribution in [-0.4, -0.2) is 34.2 Å². The molecule has 0 spiro atoms. The largest absolute Gasteiger partial charge is 0.698 e. The third-order valence-corrected chi connectivity index (χ3v) is 5.69. The summed E-state index contributed by atoms with van der Waals surface area (Å²) in [4.78, 5) is 0. The van der Waals surface area contributed by atoms with Crippen molar-refractivity contribution in [2.24, 2.45) is 0 Å². The average molecular weight is 328 g/mol. The summed E-state index contributed by atoms with van der Waals surface area (Å²) in [5.41, 5.74) is 0. The van der Waals surface area contributed by atoms with Crippen molar-refractivity contribution in [2.45, 2.75) is 52.4 Å². The number of epoxide rings is 1. The first-order valence-electron chi connectivity index (χ1n) is 7.49. The molecule has 0 amide bonds. The highest BCUT2D eigenvalue weighted by Gasteiger charge is 2.48. The van der Waals surface area contributed by atoms with Crippen LogP contribution in [0.4, 0.5) is 0 Å². The second kappa shape index (κ2) is 8.41. The molecule has 0 bridgehead atoms. The molecule has 2 atom stereocenters. The summed E-state index contributed by atoms with van der Waals surface area (Å²) in [5.74, 6) is 1.65. The maximum atomic E-state index is 5.85. The van der Waals surface area contributed by atoms with E-state index in [0.29, 0.717) is 29.9 Å². The van der Waals surface area contributed by atoms with Gasteiger partial charge in [-0.05, 0) is 34.1 Å². The molecular weight excluding hydrogens is 300 g/mol. The van der Waals surface area contributed by atoms with Crippen LogP contribution in [0.25, 0.3) is 0 Å². The van der Waals surface area contributed by atoms with Crippen molar-refractivity contribution in [1.82, 2.24) is 0 Å². The van der Waals surface area contributed by atoms with Crippen LogP contribution in [0, 0.1) is 0 Å². The van der Waals surface area contributed by atoms with Crippen molar-refractivity contribution in [3.63, 3.8) is 0 Å². The number of rotatable bonds is 12. The lowest BCUT2D eigenvalue weighted by Crippen LogP contribution is -2.45. The number of hydrogen-bond donors (Lipinski definition) is 0. The molecule has 1 fully saturated rings. The van der Waals surface area contributed by atoms with E-state index in [2.05, 4.69) is 19.7 Å². The number of allylic oxidation sites excluding steroid dienone is 3. The quantitative estimate of drug-likeness (QED) is 0.310. The summed E-state index contributed by atoms with van der Waals surface area (Å²) < 4.78 is 28.4. The molecule has 0 aromatic carbocycles. The molecule has 0 aromatic heterocycles. The Morgan fingerprint density at radius 1 is 1.09 bits per heavy atom. The van der Waals surface area contributed by atoms with Crippen LogP contribution in [-0.2, 0) is 22.8 Å². The van der Waals surface area contributed by atoms with Crippen LogP contribution in [0.1, 0.15) is 34.1 Å². The zero-order valence-corrected chi connectivity index (χ0v) is 15.1. The normalized spacial score (nSPS) is 18.3. The molecule has 1 heterocycles. The van der Waals surface area contributed by atoms with E-state index < -0.39 is 8.80 Å². The molecule has 0 N–H and O–H groups in total. The van der Waals surface area contributed by atoms with E-state index in [1.54, 1.807) is 20.8 Å². The van der Waals surface area contributed by atoms with Gasteiger partial charge >= 0.3 is 8.80 Å². The topological polar surface area (TPSA) is 49.5 Å². The van der Waals surface area contributed by atoms with Gasteiger partial charge in [-0.1, -0.05) is 19.7 Å². The molecule has 5 nitrogen and oxygen atoms in total. The predicted molar refractivity (Wildman–Crippen MR) is 88.0 cm³/mol. The van der Waals surface area contributed by atoms with Crippen LogP contribution in [0.3, 0.4) is 0 Å². The lowest BCUT2D eigenvalue weighted by atomic mass is 10.3. The zero-order chi connectivity index (χ0) is 16.8. The lowest BCUT2D eigenvalue weighted by Gasteiger charge is -2.31. The van der Waals surface area contributed by atoms with Gasteiger partial charge in [-0.15, -0.1) is 0 Å². The van der Waals surface area contributed by atoms with Gasteiger partial charge in [0.15, 0.2) is 0 Å². The SMILES string of the molecule is C=C(C)O[Si](CCC(C)OCC1CO1)(OC(=C)C)OC(=C)C. The summed E-state index contributed by atoms with van der Waals surface area (Å²) in [7, 11) is -3.00. The van der Waals surface area contributed by atoms with Crippen LogP contribution in [0.2, 0.25) is 6.04 Å². The van der Waals surface area contributed by atoms with Crippen LogP contribution >= 0.6 is 0 Å². The van der Waals surface area contributed by atoms with E-state index >= 15 is 0 Å². The maximum absolute atomic E-state index is 5.85. The van der Waals surface area contributed by atoms with Gasteiger partial charge < -0.3 is 22.8 Å². The zero-order valence-electron chi connectivity index (χ0n) is 14.1. The second-order valence-electron chi connectivity index (χ2n) is 5.73. The number of hydrogen-bond acceptors (Lipinski definition) is 5. The minimum Gasteiger partial charge on any atom is -0.488 e. The fourth-order valence-corrected chi connectivity index (χ4v) is 4.70. The minimum atomic E-state index is -3.00. The summed E-state index contributed by atoms with van der Waals surface area (Å²) in [5, 5.41) is 0. The van der Waals surface area contributed by atoms with Crippen molar-refractivity contribution in [1.29, 1.82) is 0 Å². The van der Waals surface area contributed by atoms with Gasteiger partial charge in [0, 0.05) is 0 Å². The molecule has 1 aliphatic heterocycles. The fraction of sp³-hybridized carbons (Fsp3) is 0.625. The van der Waals surface area contributed by atoms with E-state index in [0.717, 1.165) is 13.0 Å². The molecule has 0 aromatic rings. The van der Waals surface area contributed by atoms with Gasteiger partial charge in [0.2, 0.25) is 0 Å². The molecule has 6 heteroatoms. The molecule has 0 radical (unpaired) electrons. The van der Waals surface area contributed by atoms with E-state index in [9.17, 15) is 0 Å². The van der Waals surface area contributed by atoms with Crippen molar-refractivity contribution in [2.75, 3.05) is 13.2 Å². The minimum absolute atomic E-state index is 0.0623. The molecule has 2 unspecified atom stereocenters. The Kier molecular flexibility index (Phi) is 7.18. The molecule has 126 valence electrons. The first-order chi connectivity index (χ1) is 10.2. The Balaban J connectivity index is 2.64. The van der Waals surface area contributed by atoms with Crippen LogP contribution in [0.15, 0.2) is 37.0 Å². The van der Waals surface area contributed by atoms with Gasteiger partial charge in [0.05, 0.1) is 42.6 Å². The molecule has 1 saturated heterocycles. The fourth-order valence-electron chi connectivity index (χ4n) is 1.91. The summed E-state index contributed by atoms with van der Waals surface area (Å²) >= 11 is 0. The van der Waals surface area contributed by atoms with Gasteiger partial charge in [0.1, 0.15) is 6.10 Å². The standard InChI is InChI=1S/C16H28O5Si/c1-12(2)19-22(20-13(3)4,21-14(5)6)9-8-15(7)17-10-16-11-18-16/h15-16H,1,3,5,8-11H2,2,4,6-7H3. The Hall–Kier alpha value is -1.24. The van der Waals surface area contributed by atoms with Crippen LogP contribution in [0.5, 0.6) is 0 Å². The molecule has 1 rings (SSSR count). The van der Waals surface area contributed by atoms with E-state index in [4.69, 9.17) is 22.8 Å². The Morgan fingerprint density at radius 2 is 1.55 bits per heavy atom. The summed E-state index contributed by atoms with van der Waals surface area (Å²) in [6.45, 7) is 20.1. The van der Waals surface area contributed by atoms with Gasteiger partial charge in [0.25, 0.3) is 0 Å². The van der Waals surface area contributed by atoms with Crippen molar-refractivity contribution < 1.29 is 22.8 Å². The molecule has 0 saturated carbocycles. The Labute approximate surface area is 134 Å². The van der Waals surface area contributed by atoms with E-state index in [1.165, 1.54) is 0 Å². The van der Waals surface area contributed by atoms with Crippen molar-refractivity contribution >= 4 is 8.80 Å². The molecule has 1 aliphatic rings. The monoisotopic (exact) mass is 328 g/mol. The summed E-state index contributed by atoms with van der Waals surface area (Å²) in [6, 6.07) is 0.590. The van der Waals surface area contributed by atoms with Gasteiger partial charge in [-0.3, -0.25) is 0 Å². The van der Waals surface area contributed by atoms with Gasteiger partial charge in [-0.25, -0.2) is 0 Å². The highest BCUT2D eigenvalue weighted by atomic mass is 28.4. The number of ether oxygens (including phenoxy) is 2. The molecule has 22 heavy (non-hydrogen) atoms. The van der Waals surface area contributed by atoms with Crippen molar-refractivity contribution in [3.8, 4) is 0 Å². The third-order valence-electron chi connectivity index (χ3n) is 2.82. The molecular formula is C16H28O5Si. The van der Waals surface area contributed by atoms with Crippen molar-refractivity contribution in [3.05, 3.63) is 37.0 Å². The highest BCUT2D eigenvalue weighted by Crippen LogP contribution is 2.27. The lowest BCUT2D eigenvalue weighted by molar-refractivity contribution is 0.0474. The first-order valence-corrected chi connectivity index (χ1v) is 9.42. The Morgan fingerprint density at radius 3 is 1.91 bits per heavy atom. The first kappa shape index (κ1) is 18.8. The Bertz CT molecular complexity index is 376.